The first kappa shape index (κ1) is 17.2. The van der Waals surface area contributed by atoms with Crippen LogP contribution < -0.4 is 10.6 Å². The van der Waals surface area contributed by atoms with E-state index in [0.717, 1.165) is 35.2 Å². The molecule has 4 nitrogen and oxygen atoms in total. The fraction of sp³-hybridized carbons (Fsp3) is 0.0714. The summed E-state index contributed by atoms with van der Waals surface area (Å²) in [5, 5.41) is 9.17. The fourth-order valence-electron chi connectivity index (χ4n) is 1.91. The number of aromatic hydroxyl groups is 1. The van der Waals surface area contributed by atoms with Crippen LogP contribution in [0.1, 0.15) is 5.56 Å². The van der Waals surface area contributed by atoms with Gasteiger partial charge in [0.1, 0.15) is 0 Å². The highest BCUT2D eigenvalue weighted by molar-refractivity contribution is 6.37. The normalized spacial score (nSPS) is 11.3. The van der Waals surface area contributed by atoms with E-state index in [1.165, 1.54) is 6.07 Å². The summed E-state index contributed by atoms with van der Waals surface area (Å²) in [7, 11) is 0. The molecule has 0 heterocycles. The van der Waals surface area contributed by atoms with Crippen molar-refractivity contribution in [3.8, 4) is 5.75 Å². The summed E-state index contributed by atoms with van der Waals surface area (Å²) in [6, 6.07) is 5.31. The molecule has 0 fully saturated rings. The Balaban J connectivity index is 2.59. The Bertz CT molecular complexity index is 743. The van der Waals surface area contributed by atoms with E-state index in [4.69, 9.17) is 28.9 Å². The standard InChI is InChI=1S/C14H9Cl2F3N2O2/c15-10-5-9(6-11(16)12(10)22)21(13(20)23)8-3-1-2-7(4-8)14(17,18)19/h1-6,22H,(H2,20,23). The lowest BCUT2D eigenvalue weighted by molar-refractivity contribution is -0.137. The lowest BCUT2D eigenvalue weighted by Crippen LogP contribution is -2.31. The number of benzene rings is 2. The molecule has 2 rings (SSSR count). The van der Waals surface area contributed by atoms with Crippen molar-refractivity contribution in [3.05, 3.63) is 52.0 Å². The minimum absolute atomic E-state index is 0.0182. The molecule has 2 amide bonds. The smallest absolute Gasteiger partial charge is 0.416 e. The van der Waals surface area contributed by atoms with Crippen molar-refractivity contribution in [2.75, 3.05) is 4.90 Å². The monoisotopic (exact) mass is 364 g/mol. The molecule has 2 aromatic carbocycles. The number of hydrogen-bond acceptors (Lipinski definition) is 2. The number of phenols is 1. The van der Waals surface area contributed by atoms with E-state index in [1.807, 2.05) is 0 Å². The second-order valence-electron chi connectivity index (χ2n) is 4.48. The lowest BCUT2D eigenvalue weighted by atomic mass is 10.1. The Morgan fingerprint density at radius 2 is 1.65 bits per heavy atom. The van der Waals surface area contributed by atoms with Crippen LogP contribution in [0, 0.1) is 0 Å². The van der Waals surface area contributed by atoms with Crippen molar-refractivity contribution in [1.29, 1.82) is 0 Å². The molecule has 0 atom stereocenters. The summed E-state index contributed by atoms with van der Waals surface area (Å²) in [5.74, 6) is -0.412. The molecule has 0 saturated carbocycles. The van der Waals surface area contributed by atoms with Crippen LogP contribution in [0.4, 0.5) is 29.3 Å². The molecule has 122 valence electrons. The van der Waals surface area contributed by atoms with E-state index in [0.29, 0.717) is 0 Å². The first-order valence-corrected chi connectivity index (χ1v) is 6.81. The molecule has 0 aliphatic rings. The zero-order valence-corrected chi connectivity index (χ0v) is 12.7. The second kappa shape index (κ2) is 6.17. The van der Waals surface area contributed by atoms with Crippen molar-refractivity contribution < 1.29 is 23.1 Å². The van der Waals surface area contributed by atoms with Gasteiger partial charge >= 0.3 is 12.2 Å². The van der Waals surface area contributed by atoms with E-state index >= 15 is 0 Å². The quantitative estimate of drug-likeness (QED) is 0.792. The topological polar surface area (TPSA) is 66.6 Å². The average molecular weight is 365 g/mol. The number of amides is 2. The minimum Gasteiger partial charge on any atom is -0.505 e. The zero-order chi connectivity index (χ0) is 17.4. The van der Waals surface area contributed by atoms with Gasteiger partial charge in [0, 0.05) is 0 Å². The molecule has 0 saturated heterocycles. The van der Waals surface area contributed by atoms with Crippen molar-refractivity contribution in [3.63, 3.8) is 0 Å². The maximum Gasteiger partial charge on any atom is 0.416 e. The molecule has 0 aliphatic carbocycles. The van der Waals surface area contributed by atoms with Crippen molar-refractivity contribution in [1.82, 2.24) is 0 Å². The number of primary amides is 1. The van der Waals surface area contributed by atoms with Gasteiger partial charge in [0.2, 0.25) is 0 Å². The highest BCUT2D eigenvalue weighted by Gasteiger charge is 2.31. The fourth-order valence-corrected chi connectivity index (χ4v) is 2.38. The maximum atomic E-state index is 12.8. The van der Waals surface area contributed by atoms with Crippen LogP contribution in [0.2, 0.25) is 10.0 Å². The molecule has 0 unspecified atom stereocenters. The molecule has 23 heavy (non-hydrogen) atoms. The summed E-state index contributed by atoms with van der Waals surface area (Å²) in [6.07, 6.45) is -4.58. The van der Waals surface area contributed by atoms with E-state index in [-0.39, 0.29) is 21.4 Å². The van der Waals surface area contributed by atoms with E-state index in [1.54, 1.807) is 0 Å². The SMILES string of the molecule is NC(=O)N(c1cccc(C(F)(F)F)c1)c1cc(Cl)c(O)c(Cl)c1. The predicted octanol–water partition coefficient (Wildman–Crippen LogP) is 4.93. The third-order valence-corrected chi connectivity index (χ3v) is 3.49. The van der Waals surface area contributed by atoms with Crippen molar-refractivity contribution >= 4 is 40.6 Å². The lowest BCUT2D eigenvalue weighted by Gasteiger charge is -2.22. The van der Waals surface area contributed by atoms with Crippen LogP contribution in [-0.2, 0) is 6.18 Å². The molecule has 3 N–H and O–H groups in total. The molecule has 0 radical (unpaired) electrons. The van der Waals surface area contributed by atoms with Gasteiger partial charge in [0.25, 0.3) is 0 Å². The van der Waals surface area contributed by atoms with Crippen LogP contribution in [0.25, 0.3) is 0 Å². The zero-order valence-electron chi connectivity index (χ0n) is 11.2. The second-order valence-corrected chi connectivity index (χ2v) is 5.29. The van der Waals surface area contributed by atoms with Gasteiger partial charge in [-0.15, -0.1) is 0 Å². The third-order valence-electron chi connectivity index (χ3n) is 2.91. The Morgan fingerprint density at radius 3 is 2.13 bits per heavy atom. The molecule has 0 aliphatic heterocycles. The Morgan fingerprint density at radius 1 is 1.09 bits per heavy atom. The highest BCUT2D eigenvalue weighted by atomic mass is 35.5. The number of carbonyl (C=O) groups excluding carboxylic acids is 1. The van der Waals surface area contributed by atoms with Crippen LogP contribution in [0.5, 0.6) is 5.75 Å². The molecular formula is C14H9Cl2F3N2O2. The molecule has 0 bridgehead atoms. The largest absolute Gasteiger partial charge is 0.505 e. The number of phenolic OH excluding ortho intramolecular Hbond substituents is 1. The van der Waals surface area contributed by atoms with Gasteiger partial charge < -0.3 is 10.8 Å². The molecule has 0 aromatic heterocycles. The van der Waals surface area contributed by atoms with Gasteiger partial charge in [-0.25, -0.2) is 4.79 Å². The van der Waals surface area contributed by atoms with Gasteiger partial charge in [0.15, 0.2) is 5.75 Å². The van der Waals surface area contributed by atoms with Gasteiger partial charge in [-0.05, 0) is 30.3 Å². The minimum atomic E-state index is -4.58. The summed E-state index contributed by atoms with van der Waals surface area (Å²) >= 11 is 11.5. The summed E-state index contributed by atoms with van der Waals surface area (Å²) in [4.78, 5) is 12.5. The predicted molar refractivity (Wildman–Crippen MR) is 81.3 cm³/mol. The Kier molecular flexibility index (Phi) is 4.63. The molecule has 9 heteroatoms. The van der Waals surface area contributed by atoms with Crippen LogP contribution in [-0.4, -0.2) is 11.1 Å². The van der Waals surface area contributed by atoms with Gasteiger partial charge in [-0.2, -0.15) is 13.2 Å². The number of anilines is 2. The van der Waals surface area contributed by atoms with Gasteiger partial charge in [-0.3, -0.25) is 4.90 Å². The number of halogens is 5. The maximum absolute atomic E-state index is 12.8. The highest BCUT2D eigenvalue weighted by Crippen LogP contribution is 2.39. The van der Waals surface area contributed by atoms with E-state index in [9.17, 15) is 23.1 Å². The van der Waals surface area contributed by atoms with Gasteiger partial charge in [0.05, 0.1) is 27.0 Å². The number of urea groups is 1. The molecule has 0 spiro atoms. The number of rotatable bonds is 2. The summed E-state index contributed by atoms with van der Waals surface area (Å²) in [5.41, 5.74) is 4.21. The average Bonchev–Trinajstić information content (AvgIpc) is 2.44. The number of nitrogens with zero attached hydrogens (tertiary/aromatic N) is 1. The van der Waals surface area contributed by atoms with Crippen LogP contribution in [0.15, 0.2) is 36.4 Å². The Hall–Kier alpha value is -2.12. The molecular weight excluding hydrogens is 356 g/mol. The summed E-state index contributed by atoms with van der Waals surface area (Å²) < 4.78 is 38.4. The van der Waals surface area contributed by atoms with Crippen molar-refractivity contribution in [2.24, 2.45) is 5.73 Å². The molecule has 2 aromatic rings. The summed E-state index contributed by atoms with van der Waals surface area (Å²) in [6.45, 7) is 0. The van der Waals surface area contributed by atoms with Gasteiger partial charge in [-0.1, -0.05) is 29.3 Å². The van der Waals surface area contributed by atoms with Crippen LogP contribution in [0.3, 0.4) is 0 Å². The van der Waals surface area contributed by atoms with Crippen LogP contribution >= 0.6 is 23.2 Å². The third kappa shape index (κ3) is 3.62. The number of carbonyl (C=O) groups is 1. The van der Waals surface area contributed by atoms with E-state index < -0.39 is 23.5 Å². The first-order valence-electron chi connectivity index (χ1n) is 6.06. The first-order chi connectivity index (χ1) is 10.6. The number of hydrogen-bond donors (Lipinski definition) is 2. The number of alkyl halides is 3. The van der Waals surface area contributed by atoms with Crippen molar-refractivity contribution in [2.45, 2.75) is 6.18 Å². The van der Waals surface area contributed by atoms with E-state index in [2.05, 4.69) is 0 Å². The Labute approximate surface area is 138 Å². The number of nitrogens with two attached hydrogens (primary N) is 1.